The Morgan fingerprint density at radius 1 is 1.75 bits per heavy atom. The predicted octanol–water partition coefficient (Wildman–Crippen LogP) is -2.91. The van der Waals surface area contributed by atoms with Crippen LogP contribution in [0.4, 0.5) is 0 Å². The number of rotatable bonds is 0. The molecule has 0 unspecified atom stereocenters. The summed E-state index contributed by atoms with van der Waals surface area (Å²) in [5.74, 6) is -0.0833. The third kappa shape index (κ3) is 3620. The Morgan fingerprint density at radius 3 is 1.75 bits per heavy atom. The van der Waals surface area contributed by atoms with Crippen LogP contribution < -0.4 is 24.0 Å². The average molecular weight is 108 g/mol. The molecular weight excluding hydrogens is 99.0 g/mol. The number of carbonyl (C=O) groups excluding carboxylic acids is 1. The smallest absolute Gasteiger partial charge is 0.876 e. The van der Waals surface area contributed by atoms with E-state index in [-0.39, 0.29) is 24.6 Å². The minimum absolute atomic E-state index is 0. The van der Waals surface area contributed by atoms with Crippen LogP contribution in [0.3, 0.4) is 0 Å². The minimum atomic E-state index is -0.0833. The van der Waals surface area contributed by atoms with Crippen molar-refractivity contribution < 1.29 is 28.8 Å². The van der Waals surface area contributed by atoms with Crippen molar-refractivity contribution in [2.45, 2.75) is 13.8 Å². The molecule has 0 aliphatic rings. The van der Waals surface area contributed by atoms with Crippen molar-refractivity contribution in [2.24, 2.45) is 0 Å². The summed E-state index contributed by atoms with van der Waals surface area (Å²) in [5, 5.41) is 9.33. The van der Waals surface area contributed by atoms with Crippen molar-refractivity contribution in [2.75, 3.05) is 0 Å². The number of aldehydes is 1. The van der Waals surface area contributed by atoms with Gasteiger partial charge in [0.25, 0.3) is 0 Å². The third-order valence-electron chi connectivity index (χ3n) is 0. The molecule has 0 spiro atoms. The Labute approximate surface area is 61.8 Å². The molecule has 0 aliphatic heterocycles. The molecule has 0 aromatic carbocycles. The molecule has 0 rings (SSSR count). The summed E-state index contributed by atoms with van der Waals surface area (Å²) < 4.78 is 0. The van der Waals surface area contributed by atoms with E-state index in [2.05, 4.69) is 6.58 Å². The Hall–Kier alpha value is -0.193. The molecule has 0 heterocycles. The number of hydrogen-bond donors (Lipinski definition) is 0. The van der Waals surface area contributed by atoms with Crippen LogP contribution in [0.2, 0.25) is 0 Å². The van der Waals surface area contributed by atoms with Crippen molar-refractivity contribution in [1.29, 1.82) is 0 Å². The van der Waals surface area contributed by atoms with Crippen LogP contribution in [0, 0.1) is 0 Å². The topological polar surface area (TPSA) is 40.1 Å². The van der Waals surface area contributed by atoms with Crippen LogP contribution in [0.5, 0.6) is 0 Å². The summed E-state index contributed by atoms with van der Waals surface area (Å²) in [6.07, 6.45) is 0.750. The molecule has 0 atom stereocenters. The summed E-state index contributed by atoms with van der Waals surface area (Å²) in [6.45, 7) is 5.86. The Morgan fingerprint density at radius 2 is 1.75 bits per heavy atom. The van der Waals surface area contributed by atoms with E-state index in [0.29, 0.717) is 0 Å². The Bertz CT molecular complexity index is 57.4. The van der Waals surface area contributed by atoms with Crippen molar-refractivity contribution in [3.63, 3.8) is 0 Å². The van der Waals surface area contributed by atoms with E-state index in [9.17, 15) is 5.11 Å². The summed E-state index contributed by atoms with van der Waals surface area (Å²) in [4.78, 5) is 8.81. The van der Waals surface area contributed by atoms with E-state index in [0.717, 1.165) is 6.29 Å². The molecule has 8 heavy (non-hydrogen) atoms. The van der Waals surface area contributed by atoms with Gasteiger partial charge in [-0.15, -0.1) is 12.3 Å². The zero-order valence-electron chi connectivity index (χ0n) is 5.60. The van der Waals surface area contributed by atoms with Crippen LogP contribution in [-0.4, -0.2) is 6.29 Å². The molecule has 3 heteroatoms. The van der Waals surface area contributed by atoms with Gasteiger partial charge in [0.1, 0.15) is 6.29 Å². The maximum absolute atomic E-state index is 9.33. The van der Waals surface area contributed by atoms with E-state index in [1.807, 2.05) is 0 Å². The number of hydrogen-bond acceptors (Lipinski definition) is 2. The molecule has 0 aromatic heterocycles. The second kappa shape index (κ2) is 15.8. The van der Waals surface area contributed by atoms with Crippen LogP contribution in [0.1, 0.15) is 13.8 Å². The quantitative estimate of drug-likeness (QED) is 0.189. The van der Waals surface area contributed by atoms with Crippen LogP contribution in [0.25, 0.3) is 0 Å². The molecule has 0 fully saturated rings. The van der Waals surface area contributed by atoms with E-state index in [4.69, 9.17) is 4.79 Å². The molecule has 0 aromatic rings. The molecule has 0 saturated heterocycles. The van der Waals surface area contributed by atoms with Gasteiger partial charge in [-0.1, -0.05) is 6.92 Å². The van der Waals surface area contributed by atoms with Gasteiger partial charge in [-0.3, -0.25) is 0 Å². The van der Waals surface area contributed by atoms with Gasteiger partial charge in [-0.25, -0.2) is 0 Å². The fourth-order valence-electron chi connectivity index (χ4n) is 0. The van der Waals surface area contributed by atoms with Gasteiger partial charge in [-0.2, -0.15) is 0 Å². The Balaban J connectivity index is -0.0000000575. The van der Waals surface area contributed by atoms with Gasteiger partial charge in [0.05, 0.1) is 0 Å². The summed E-state index contributed by atoms with van der Waals surface area (Å²) >= 11 is 0. The monoisotopic (exact) mass is 108 g/mol. The third-order valence-corrected chi connectivity index (χ3v) is 0. The first-order chi connectivity index (χ1) is 3.15. The summed E-state index contributed by atoms with van der Waals surface area (Å²) in [6, 6.07) is 0. The van der Waals surface area contributed by atoms with Gasteiger partial charge < -0.3 is 9.90 Å². The van der Waals surface area contributed by atoms with Gasteiger partial charge in [0.2, 0.25) is 0 Å². The molecule has 0 amide bonds. The average Bonchev–Trinajstić information content (AvgIpc) is 1.33. The molecule has 42 valence electrons. The first-order valence-corrected chi connectivity index (χ1v) is 1.87. The predicted molar refractivity (Wildman–Crippen MR) is 26.6 cm³/mol. The standard InChI is InChI=1S/C3H6O.C2H4O.Li/c1-3(2)4;1-2-3;/h4H,1H2,2H3;2H,1H3;/q;;+1/p-1. The SMILES string of the molecule is C=C(C)[O-].CC=O.[Li+]. The van der Waals surface area contributed by atoms with Crippen molar-refractivity contribution in [1.82, 2.24) is 0 Å². The molecule has 2 nitrogen and oxygen atoms in total. The number of carbonyl (C=O) groups is 1. The maximum Gasteiger partial charge on any atom is 1.00 e. The molecule has 0 radical (unpaired) electrons. The van der Waals surface area contributed by atoms with E-state index in [1.54, 1.807) is 0 Å². The molecule has 0 bridgehead atoms. The second-order valence-electron chi connectivity index (χ2n) is 0.938. The zero-order chi connectivity index (χ0) is 6.28. The van der Waals surface area contributed by atoms with Gasteiger partial charge in [0, 0.05) is 0 Å². The molecule has 0 N–H and O–H groups in total. The summed E-state index contributed by atoms with van der Waals surface area (Å²) in [5.41, 5.74) is 0. The zero-order valence-corrected chi connectivity index (χ0v) is 5.60. The molecule has 0 saturated carbocycles. The number of allylic oxidation sites excluding steroid dienone is 1. The first kappa shape index (κ1) is 15.7. The van der Waals surface area contributed by atoms with E-state index < -0.39 is 0 Å². The van der Waals surface area contributed by atoms with Crippen LogP contribution in [0.15, 0.2) is 12.3 Å². The summed E-state index contributed by atoms with van der Waals surface area (Å²) in [7, 11) is 0. The fraction of sp³-hybridized carbons (Fsp3) is 0.400. The molecule has 0 aliphatic carbocycles. The van der Waals surface area contributed by atoms with E-state index >= 15 is 0 Å². The maximum atomic E-state index is 9.33. The van der Waals surface area contributed by atoms with Crippen molar-refractivity contribution >= 4 is 6.29 Å². The minimum Gasteiger partial charge on any atom is -0.876 e. The largest absolute Gasteiger partial charge is 1.00 e. The molecular formula is C5H9LiO2. The van der Waals surface area contributed by atoms with Crippen molar-refractivity contribution in [3.05, 3.63) is 12.3 Å². The normalized spacial score (nSPS) is 4.75. The van der Waals surface area contributed by atoms with E-state index in [1.165, 1.54) is 13.8 Å². The second-order valence-corrected chi connectivity index (χ2v) is 0.938. The Kier molecular flexibility index (Phi) is 31.0. The fourth-order valence-corrected chi connectivity index (χ4v) is 0. The van der Waals surface area contributed by atoms with Gasteiger partial charge in [0.15, 0.2) is 0 Å². The first-order valence-electron chi connectivity index (χ1n) is 1.87. The van der Waals surface area contributed by atoms with Gasteiger partial charge >= 0.3 is 18.9 Å². The van der Waals surface area contributed by atoms with Gasteiger partial charge in [-0.05, 0) is 6.92 Å². The van der Waals surface area contributed by atoms with Crippen molar-refractivity contribution in [3.8, 4) is 0 Å². The van der Waals surface area contributed by atoms with Crippen LogP contribution >= 0.6 is 0 Å². The van der Waals surface area contributed by atoms with Crippen LogP contribution in [-0.2, 0) is 4.79 Å².